The number of rotatable bonds is 9. The molecule has 0 saturated carbocycles. The van der Waals surface area contributed by atoms with Crippen molar-refractivity contribution in [2.45, 2.75) is 26.3 Å². The van der Waals surface area contributed by atoms with E-state index < -0.39 is 17.2 Å². The molecule has 2 rings (SSSR count). The fraction of sp³-hybridized carbons (Fsp3) is 0.350. The zero-order chi connectivity index (χ0) is 22.3. The van der Waals surface area contributed by atoms with E-state index in [1.54, 1.807) is 24.3 Å². The molecule has 1 aromatic heterocycles. The lowest BCUT2D eigenvalue weighted by Gasteiger charge is -2.23. The summed E-state index contributed by atoms with van der Waals surface area (Å²) in [7, 11) is 1.48. The lowest BCUT2D eigenvalue weighted by atomic mass is 10.2. The number of hydrogen-bond donors (Lipinski definition) is 2. The summed E-state index contributed by atoms with van der Waals surface area (Å²) >= 11 is 11.9. The fourth-order valence-electron chi connectivity index (χ4n) is 2.76. The number of carbonyl (C=O) groups is 1. The number of unbranched alkanes of at least 4 members (excludes halogenated alkanes) is 1. The number of H-pyrrole nitrogens is 1. The van der Waals surface area contributed by atoms with Crippen molar-refractivity contribution in [3.05, 3.63) is 60.7 Å². The highest BCUT2D eigenvalue weighted by molar-refractivity contribution is 6.42. The van der Waals surface area contributed by atoms with Gasteiger partial charge in [0.25, 0.3) is 11.5 Å². The third-order valence-electron chi connectivity index (χ3n) is 4.37. The van der Waals surface area contributed by atoms with Gasteiger partial charge in [-0.3, -0.25) is 24.0 Å². The second-order valence-corrected chi connectivity index (χ2v) is 7.30. The Bertz CT molecular complexity index is 1050. The van der Waals surface area contributed by atoms with E-state index in [4.69, 9.17) is 33.7 Å². The zero-order valence-corrected chi connectivity index (χ0v) is 18.3. The summed E-state index contributed by atoms with van der Waals surface area (Å²) in [4.78, 5) is 41.0. The number of nitrogens with zero attached hydrogens (tertiary/aromatic N) is 2. The zero-order valence-electron chi connectivity index (χ0n) is 16.8. The van der Waals surface area contributed by atoms with Crippen LogP contribution in [0, 0.1) is 0 Å². The minimum Gasteiger partial charge on any atom is -0.383 e. The number of nitrogens with two attached hydrogens (primary N) is 1. The Hall–Kier alpha value is -2.55. The lowest BCUT2D eigenvalue weighted by Crippen LogP contribution is -2.42. The summed E-state index contributed by atoms with van der Waals surface area (Å²) in [6.07, 6.45) is 4.36. The third kappa shape index (κ3) is 5.75. The van der Waals surface area contributed by atoms with Gasteiger partial charge in [0.2, 0.25) is 0 Å². The molecule has 0 unspecified atom stereocenters. The Balaban J connectivity index is 2.45. The maximum absolute atomic E-state index is 12.9. The summed E-state index contributed by atoms with van der Waals surface area (Å²) in [5.74, 6) is -0.569. The molecular formula is C20H24Cl2N4O4. The van der Waals surface area contributed by atoms with Crippen LogP contribution in [0.4, 0.5) is 11.5 Å². The first-order chi connectivity index (χ1) is 14.3. The van der Waals surface area contributed by atoms with Gasteiger partial charge in [-0.2, -0.15) is 0 Å². The Morgan fingerprint density at radius 1 is 1.30 bits per heavy atom. The number of ether oxygens (including phenoxy) is 1. The van der Waals surface area contributed by atoms with E-state index >= 15 is 0 Å². The smallest absolute Gasteiger partial charge is 0.330 e. The first-order valence-corrected chi connectivity index (χ1v) is 10.1. The van der Waals surface area contributed by atoms with Crippen LogP contribution in [0.2, 0.25) is 10.0 Å². The van der Waals surface area contributed by atoms with E-state index in [0.717, 1.165) is 6.42 Å². The van der Waals surface area contributed by atoms with E-state index in [0.29, 0.717) is 28.6 Å². The van der Waals surface area contributed by atoms with Crippen LogP contribution in [0.1, 0.15) is 25.3 Å². The SMILES string of the molecule is CCCCn1c(N)c(N(CCOC)C(=O)/C=C/c2ccc(Cl)c(Cl)c2)c(=O)[nH]c1=O. The molecule has 0 bridgehead atoms. The molecule has 0 aliphatic carbocycles. The monoisotopic (exact) mass is 454 g/mol. The molecule has 2 aromatic rings. The van der Waals surface area contributed by atoms with E-state index in [1.165, 1.54) is 22.7 Å². The van der Waals surface area contributed by atoms with Crippen LogP contribution in [0.5, 0.6) is 0 Å². The molecule has 10 heteroatoms. The number of nitrogen functional groups attached to an aromatic ring is 1. The molecule has 0 atom stereocenters. The van der Waals surface area contributed by atoms with Crippen LogP contribution in [-0.4, -0.2) is 35.7 Å². The number of nitrogens with one attached hydrogen (secondary N) is 1. The summed E-state index contributed by atoms with van der Waals surface area (Å²) in [6.45, 7) is 2.53. The molecule has 30 heavy (non-hydrogen) atoms. The highest BCUT2D eigenvalue weighted by Crippen LogP contribution is 2.23. The number of halogens is 2. The van der Waals surface area contributed by atoms with Crippen molar-refractivity contribution in [2.75, 3.05) is 30.9 Å². The van der Waals surface area contributed by atoms with Gasteiger partial charge < -0.3 is 10.5 Å². The summed E-state index contributed by atoms with van der Waals surface area (Å²) in [5, 5.41) is 0.752. The molecule has 1 heterocycles. The largest absolute Gasteiger partial charge is 0.383 e. The van der Waals surface area contributed by atoms with E-state index in [9.17, 15) is 14.4 Å². The molecule has 3 N–H and O–H groups in total. The Labute approximate surface area is 183 Å². The molecule has 0 radical (unpaired) electrons. The molecule has 0 aliphatic heterocycles. The summed E-state index contributed by atoms with van der Waals surface area (Å²) in [5.41, 5.74) is 5.34. The highest BCUT2D eigenvalue weighted by atomic mass is 35.5. The van der Waals surface area contributed by atoms with Crippen LogP contribution in [-0.2, 0) is 16.1 Å². The number of benzene rings is 1. The van der Waals surface area contributed by atoms with Gasteiger partial charge in [0.1, 0.15) is 5.82 Å². The number of methoxy groups -OCH3 is 1. The molecule has 0 aliphatic rings. The number of hydrogen-bond acceptors (Lipinski definition) is 5. The van der Waals surface area contributed by atoms with Crippen LogP contribution in [0.25, 0.3) is 6.08 Å². The maximum atomic E-state index is 12.9. The minimum absolute atomic E-state index is 0.0652. The number of carbonyl (C=O) groups excluding carboxylic acids is 1. The normalized spacial score (nSPS) is 11.2. The third-order valence-corrected chi connectivity index (χ3v) is 5.11. The van der Waals surface area contributed by atoms with Gasteiger partial charge >= 0.3 is 5.69 Å². The molecule has 1 amide bonds. The van der Waals surface area contributed by atoms with Gasteiger partial charge in [-0.15, -0.1) is 0 Å². The number of aromatic amines is 1. The van der Waals surface area contributed by atoms with Crippen LogP contribution >= 0.6 is 23.2 Å². The molecule has 0 fully saturated rings. The average molecular weight is 455 g/mol. The van der Waals surface area contributed by atoms with Gasteiger partial charge in [-0.1, -0.05) is 42.6 Å². The minimum atomic E-state index is -0.738. The van der Waals surface area contributed by atoms with Gasteiger partial charge in [0.15, 0.2) is 5.69 Å². The van der Waals surface area contributed by atoms with Crippen molar-refractivity contribution < 1.29 is 9.53 Å². The molecular weight excluding hydrogens is 431 g/mol. The summed E-state index contributed by atoms with van der Waals surface area (Å²) in [6, 6.07) is 4.92. The van der Waals surface area contributed by atoms with E-state index in [2.05, 4.69) is 4.98 Å². The Kier molecular flexibility index (Phi) is 8.71. The van der Waals surface area contributed by atoms with Crippen LogP contribution in [0.15, 0.2) is 33.9 Å². The standard InChI is InChI=1S/C20H24Cl2N4O4/c1-3-4-9-26-18(23)17(19(28)24-20(26)29)25(10-11-30-2)16(27)8-6-13-5-7-14(21)15(22)12-13/h5-8,12H,3-4,9-11,23H2,1-2H3,(H,24,28,29)/b8-6+. The summed E-state index contributed by atoms with van der Waals surface area (Å²) < 4.78 is 6.32. The molecule has 0 saturated heterocycles. The van der Waals surface area contributed by atoms with Crippen molar-refractivity contribution in [1.29, 1.82) is 0 Å². The van der Waals surface area contributed by atoms with Gasteiger partial charge in [-0.05, 0) is 30.2 Å². The maximum Gasteiger partial charge on any atom is 0.330 e. The van der Waals surface area contributed by atoms with Gasteiger partial charge in [0.05, 0.1) is 16.7 Å². The predicted octanol–water partition coefficient (Wildman–Crippen LogP) is 2.92. The highest BCUT2D eigenvalue weighted by Gasteiger charge is 2.22. The first-order valence-electron chi connectivity index (χ1n) is 9.36. The second-order valence-electron chi connectivity index (χ2n) is 6.49. The topological polar surface area (TPSA) is 110 Å². The number of amides is 1. The molecule has 0 spiro atoms. The van der Waals surface area contributed by atoms with Crippen molar-refractivity contribution in [1.82, 2.24) is 9.55 Å². The molecule has 1 aromatic carbocycles. The van der Waals surface area contributed by atoms with Crippen molar-refractivity contribution in [2.24, 2.45) is 0 Å². The number of anilines is 2. The second kappa shape index (κ2) is 11.0. The Morgan fingerprint density at radius 3 is 2.67 bits per heavy atom. The fourth-order valence-corrected chi connectivity index (χ4v) is 3.07. The average Bonchev–Trinajstić information content (AvgIpc) is 2.70. The van der Waals surface area contributed by atoms with Gasteiger partial charge in [-0.25, -0.2) is 4.79 Å². The quantitative estimate of drug-likeness (QED) is 0.565. The lowest BCUT2D eigenvalue weighted by molar-refractivity contribution is -0.114. The van der Waals surface area contributed by atoms with Crippen LogP contribution in [0.3, 0.4) is 0 Å². The Morgan fingerprint density at radius 2 is 2.03 bits per heavy atom. The van der Waals surface area contributed by atoms with E-state index in [1.807, 2.05) is 6.92 Å². The van der Waals surface area contributed by atoms with Gasteiger partial charge in [0, 0.05) is 26.3 Å². The molecule has 8 nitrogen and oxygen atoms in total. The van der Waals surface area contributed by atoms with Crippen LogP contribution < -0.4 is 21.9 Å². The predicted molar refractivity (Wildman–Crippen MR) is 120 cm³/mol. The van der Waals surface area contributed by atoms with Crippen molar-refractivity contribution >= 4 is 46.7 Å². The first kappa shape index (κ1) is 23.7. The van der Waals surface area contributed by atoms with E-state index in [-0.39, 0.29) is 24.7 Å². The van der Waals surface area contributed by atoms with Crippen molar-refractivity contribution in [3.63, 3.8) is 0 Å². The molecule has 162 valence electrons. The number of aromatic nitrogens is 2. The van der Waals surface area contributed by atoms with Crippen molar-refractivity contribution in [3.8, 4) is 0 Å².